The number of nitrogens with one attached hydrogen (secondary N) is 1. The van der Waals surface area contributed by atoms with Gasteiger partial charge in [-0.05, 0) is 30.5 Å². The van der Waals surface area contributed by atoms with Gasteiger partial charge < -0.3 is 14.6 Å². The Bertz CT molecular complexity index is 1150. The normalized spacial score (nSPS) is 10.8. The maximum Gasteiger partial charge on any atom is 0.265 e. The molecule has 2 heterocycles. The highest BCUT2D eigenvalue weighted by Crippen LogP contribution is 2.32. The summed E-state index contributed by atoms with van der Waals surface area (Å²) in [6.45, 7) is 0.323. The van der Waals surface area contributed by atoms with Crippen LogP contribution in [0, 0.1) is 5.82 Å². The summed E-state index contributed by atoms with van der Waals surface area (Å²) in [4.78, 5) is 20.2. The number of amides is 1. The van der Waals surface area contributed by atoms with Gasteiger partial charge in [0.1, 0.15) is 23.2 Å². The van der Waals surface area contributed by atoms with E-state index in [0.29, 0.717) is 23.2 Å². The maximum atomic E-state index is 13.6. The van der Waals surface area contributed by atoms with Crippen LogP contribution in [0.15, 0.2) is 65.4 Å². The van der Waals surface area contributed by atoms with Crippen LogP contribution >= 0.6 is 0 Å². The molecule has 0 aliphatic rings. The van der Waals surface area contributed by atoms with Crippen LogP contribution in [-0.4, -0.2) is 34.2 Å². The number of benzene rings is 2. The average molecular weight is 406 g/mol. The number of halogens is 1. The van der Waals surface area contributed by atoms with Gasteiger partial charge in [0.15, 0.2) is 6.61 Å². The number of aromatic nitrogens is 3. The first-order valence-corrected chi connectivity index (χ1v) is 9.50. The van der Waals surface area contributed by atoms with Gasteiger partial charge in [0.2, 0.25) is 5.88 Å². The van der Waals surface area contributed by atoms with Crippen LogP contribution in [0.2, 0.25) is 0 Å². The van der Waals surface area contributed by atoms with E-state index >= 15 is 0 Å². The molecule has 4 rings (SSSR count). The molecule has 2 aromatic carbocycles. The molecule has 30 heavy (non-hydrogen) atoms. The molecular weight excluding hydrogens is 387 g/mol. The summed E-state index contributed by atoms with van der Waals surface area (Å²) in [6.07, 6.45) is 2.96. The van der Waals surface area contributed by atoms with E-state index in [1.165, 1.54) is 24.0 Å². The third-order valence-corrected chi connectivity index (χ3v) is 4.48. The fourth-order valence-electron chi connectivity index (χ4n) is 3.05. The van der Waals surface area contributed by atoms with Crippen molar-refractivity contribution in [2.24, 2.45) is 0 Å². The van der Waals surface area contributed by atoms with Crippen molar-refractivity contribution in [1.29, 1.82) is 0 Å². The number of ether oxygens (including phenoxy) is 1. The Labute approximate surface area is 171 Å². The molecule has 0 bridgehead atoms. The van der Waals surface area contributed by atoms with E-state index in [-0.39, 0.29) is 24.1 Å². The van der Waals surface area contributed by atoms with E-state index in [1.807, 2.05) is 18.2 Å². The second-order valence-corrected chi connectivity index (χ2v) is 6.63. The minimum atomic E-state index is -0.405. The van der Waals surface area contributed by atoms with Crippen molar-refractivity contribution in [2.75, 3.05) is 13.2 Å². The lowest BCUT2D eigenvalue weighted by Crippen LogP contribution is -2.30. The molecule has 0 saturated heterocycles. The van der Waals surface area contributed by atoms with E-state index in [0.717, 1.165) is 12.8 Å². The fraction of sp³-hybridized carbons (Fsp3) is 0.182. The smallest absolute Gasteiger partial charge is 0.265 e. The largest absolute Gasteiger partial charge is 0.467 e. The predicted octanol–water partition coefficient (Wildman–Crippen LogP) is 3.55. The standard InChI is InChI=1S/C22H19FN4O3/c23-17-10-4-9-16(12-17)20-19-21(25-14-26-22(19)30-27-20)29-13-18(28)24-11-5-8-15-6-2-1-3-7-15/h1-4,6-7,9-10,12,14H,5,8,11,13H2,(H,24,28). The summed E-state index contributed by atoms with van der Waals surface area (Å²) >= 11 is 0. The number of aryl methyl sites for hydroxylation is 1. The number of hydrogen-bond donors (Lipinski definition) is 1. The van der Waals surface area contributed by atoms with Gasteiger partial charge in [-0.25, -0.2) is 9.37 Å². The molecular formula is C22H19FN4O3. The number of hydrogen-bond acceptors (Lipinski definition) is 6. The second-order valence-electron chi connectivity index (χ2n) is 6.63. The highest BCUT2D eigenvalue weighted by molar-refractivity contribution is 5.93. The van der Waals surface area contributed by atoms with E-state index in [2.05, 4.69) is 32.6 Å². The first-order valence-electron chi connectivity index (χ1n) is 9.50. The molecule has 8 heteroatoms. The van der Waals surface area contributed by atoms with Crippen LogP contribution < -0.4 is 10.1 Å². The number of nitrogens with zero attached hydrogens (tertiary/aromatic N) is 3. The summed E-state index contributed by atoms with van der Waals surface area (Å²) in [5.41, 5.74) is 2.27. The molecule has 7 nitrogen and oxygen atoms in total. The Morgan fingerprint density at radius 2 is 1.97 bits per heavy atom. The van der Waals surface area contributed by atoms with E-state index < -0.39 is 5.82 Å². The molecule has 1 N–H and O–H groups in total. The van der Waals surface area contributed by atoms with Crippen molar-refractivity contribution in [3.8, 4) is 17.1 Å². The summed E-state index contributed by atoms with van der Waals surface area (Å²) in [7, 11) is 0. The van der Waals surface area contributed by atoms with Gasteiger partial charge in [0, 0.05) is 12.1 Å². The van der Waals surface area contributed by atoms with Gasteiger partial charge in [-0.1, -0.05) is 47.6 Å². The molecule has 0 aliphatic heterocycles. The van der Waals surface area contributed by atoms with Crippen LogP contribution in [-0.2, 0) is 11.2 Å². The average Bonchev–Trinajstić information content (AvgIpc) is 3.21. The van der Waals surface area contributed by atoms with Crippen molar-refractivity contribution in [1.82, 2.24) is 20.4 Å². The predicted molar refractivity (Wildman–Crippen MR) is 108 cm³/mol. The maximum absolute atomic E-state index is 13.6. The van der Waals surface area contributed by atoms with Gasteiger partial charge >= 0.3 is 0 Å². The molecule has 1 amide bonds. The Morgan fingerprint density at radius 1 is 1.10 bits per heavy atom. The minimum absolute atomic E-state index is 0.153. The van der Waals surface area contributed by atoms with E-state index in [4.69, 9.17) is 9.26 Å². The lowest BCUT2D eigenvalue weighted by molar-refractivity contribution is -0.123. The summed E-state index contributed by atoms with van der Waals surface area (Å²) in [6, 6.07) is 16.0. The quantitative estimate of drug-likeness (QED) is 0.450. The Hall–Kier alpha value is -3.81. The molecule has 0 atom stereocenters. The van der Waals surface area contributed by atoms with Gasteiger partial charge in [-0.2, -0.15) is 4.98 Å². The van der Waals surface area contributed by atoms with Gasteiger partial charge in [-0.15, -0.1) is 0 Å². The molecule has 0 spiro atoms. The van der Waals surface area contributed by atoms with Crippen molar-refractivity contribution in [2.45, 2.75) is 12.8 Å². The van der Waals surface area contributed by atoms with E-state index in [9.17, 15) is 9.18 Å². The third kappa shape index (κ3) is 4.60. The Balaban J connectivity index is 1.38. The van der Waals surface area contributed by atoms with E-state index in [1.54, 1.807) is 12.1 Å². The monoisotopic (exact) mass is 406 g/mol. The number of rotatable bonds is 8. The summed E-state index contributed by atoms with van der Waals surface area (Å²) in [5.74, 6) is -0.517. The second kappa shape index (κ2) is 9.13. The molecule has 0 unspecified atom stereocenters. The van der Waals surface area contributed by atoms with Crippen LogP contribution in [0.25, 0.3) is 22.4 Å². The zero-order chi connectivity index (χ0) is 20.8. The Kier molecular flexibility index (Phi) is 5.93. The molecule has 2 aromatic heterocycles. The molecule has 0 aliphatic carbocycles. The van der Waals surface area contributed by atoms with Gasteiger partial charge in [0.25, 0.3) is 11.6 Å². The molecule has 0 fully saturated rings. The number of carbonyl (C=O) groups is 1. The zero-order valence-electron chi connectivity index (χ0n) is 16.0. The molecule has 4 aromatic rings. The SMILES string of the molecule is O=C(COc1ncnc2onc(-c3cccc(F)c3)c12)NCCCc1ccccc1. The first kappa shape index (κ1) is 19.5. The molecule has 0 saturated carbocycles. The topological polar surface area (TPSA) is 90.1 Å². The molecule has 0 radical (unpaired) electrons. The first-order chi connectivity index (χ1) is 14.7. The number of fused-ring (bicyclic) bond motifs is 1. The van der Waals surface area contributed by atoms with Crippen LogP contribution in [0.4, 0.5) is 4.39 Å². The molecule has 152 valence electrons. The van der Waals surface area contributed by atoms with Crippen LogP contribution in [0.1, 0.15) is 12.0 Å². The van der Waals surface area contributed by atoms with Crippen molar-refractivity contribution >= 4 is 17.0 Å². The van der Waals surface area contributed by atoms with Crippen molar-refractivity contribution < 1.29 is 18.4 Å². The Morgan fingerprint density at radius 3 is 2.80 bits per heavy atom. The zero-order valence-corrected chi connectivity index (χ0v) is 16.0. The summed E-state index contributed by atoms with van der Waals surface area (Å²) in [5, 5.41) is 7.17. The van der Waals surface area contributed by atoms with Gasteiger partial charge in [-0.3, -0.25) is 4.79 Å². The lowest BCUT2D eigenvalue weighted by atomic mass is 10.1. The highest BCUT2D eigenvalue weighted by Gasteiger charge is 2.19. The van der Waals surface area contributed by atoms with Crippen molar-refractivity contribution in [3.63, 3.8) is 0 Å². The van der Waals surface area contributed by atoms with Gasteiger partial charge in [0.05, 0.1) is 0 Å². The van der Waals surface area contributed by atoms with Crippen molar-refractivity contribution in [3.05, 3.63) is 72.3 Å². The highest BCUT2D eigenvalue weighted by atomic mass is 19.1. The lowest BCUT2D eigenvalue weighted by Gasteiger charge is -2.08. The van der Waals surface area contributed by atoms with Crippen LogP contribution in [0.5, 0.6) is 5.88 Å². The fourth-order valence-corrected chi connectivity index (χ4v) is 3.05. The number of carbonyl (C=O) groups excluding carboxylic acids is 1. The van der Waals surface area contributed by atoms with Crippen LogP contribution in [0.3, 0.4) is 0 Å². The minimum Gasteiger partial charge on any atom is -0.467 e. The third-order valence-electron chi connectivity index (χ3n) is 4.48. The summed E-state index contributed by atoms with van der Waals surface area (Å²) < 4.78 is 24.4.